The van der Waals surface area contributed by atoms with Gasteiger partial charge in [-0.05, 0) is 38.0 Å². The van der Waals surface area contributed by atoms with Gasteiger partial charge >= 0.3 is 0 Å². The Morgan fingerprint density at radius 1 is 1.31 bits per heavy atom. The maximum atomic E-state index is 10.4. The van der Waals surface area contributed by atoms with Crippen molar-refractivity contribution in [1.82, 2.24) is 0 Å². The Bertz CT molecular complexity index is 179. The van der Waals surface area contributed by atoms with Gasteiger partial charge in [0.05, 0.1) is 5.60 Å². The van der Waals surface area contributed by atoms with Gasteiger partial charge < -0.3 is 5.11 Å². The molecule has 2 heterocycles. The molecule has 2 aliphatic rings. The van der Waals surface area contributed by atoms with E-state index in [-0.39, 0.29) is 5.60 Å². The Balaban J connectivity index is 1.99. The predicted molar refractivity (Wildman–Crippen MR) is 58.0 cm³/mol. The third-order valence-corrected chi connectivity index (χ3v) is 4.77. The van der Waals surface area contributed by atoms with Gasteiger partial charge in [-0.15, -0.1) is 0 Å². The summed E-state index contributed by atoms with van der Waals surface area (Å²) in [5.41, 5.74) is -0.314. The average Bonchev–Trinajstić information content (AvgIpc) is 2.27. The van der Waals surface area contributed by atoms with Crippen molar-refractivity contribution >= 4 is 11.8 Å². The molecule has 2 bridgehead atoms. The van der Waals surface area contributed by atoms with Crippen LogP contribution in [0.1, 0.15) is 46.0 Å². The molecule has 2 atom stereocenters. The Morgan fingerprint density at radius 2 is 1.85 bits per heavy atom. The summed E-state index contributed by atoms with van der Waals surface area (Å²) in [5.74, 6) is 0.632. The van der Waals surface area contributed by atoms with Gasteiger partial charge in [0, 0.05) is 10.5 Å². The lowest BCUT2D eigenvalue weighted by Gasteiger charge is -2.37. The van der Waals surface area contributed by atoms with Crippen LogP contribution in [0.2, 0.25) is 0 Å². The van der Waals surface area contributed by atoms with E-state index in [9.17, 15) is 5.11 Å². The van der Waals surface area contributed by atoms with Crippen LogP contribution in [-0.2, 0) is 0 Å². The second-order valence-electron chi connectivity index (χ2n) is 5.19. The van der Waals surface area contributed by atoms with Gasteiger partial charge in [0.1, 0.15) is 0 Å². The lowest BCUT2D eigenvalue weighted by atomic mass is 9.85. The SMILES string of the molecule is CC(C)CC1(O)CC2CCC(C1)S2. The van der Waals surface area contributed by atoms with E-state index in [1.54, 1.807) is 0 Å². The molecule has 2 unspecified atom stereocenters. The monoisotopic (exact) mass is 200 g/mol. The Kier molecular flexibility index (Phi) is 2.63. The van der Waals surface area contributed by atoms with Crippen molar-refractivity contribution in [3.05, 3.63) is 0 Å². The molecule has 0 aromatic heterocycles. The molecule has 1 N–H and O–H groups in total. The molecule has 0 saturated carbocycles. The van der Waals surface area contributed by atoms with E-state index in [0.717, 1.165) is 29.8 Å². The van der Waals surface area contributed by atoms with Crippen molar-refractivity contribution in [3.8, 4) is 0 Å². The standard InChI is InChI=1S/C11H20OS/c1-8(2)5-11(12)6-9-3-4-10(7-11)13-9/h8-10,12H,3-7H2,1-2H3. The second-order valence-corrected chi connectivity index (χ2v) is 6.79. The van der Waals surface area contributed by atoms with Gasteiger partial charge in [0.2, 0.25) is 0 Å². The molecule has 0 aromatic carbocycles. The minimum Gasteiger partial charge on any atom is -0.390 e. The molecule has 1 nitrogen and oxygen atoms in total. The summed E-state index contributed by atoms with van der Waals surface area (Å²) in [7, 11) is 0. The Morgan fingerprint density at radius 3 is 2.31 bits per heavy atom. The third-order valence-electron chi connectivity index (χ3n) is 3.20. The third kappa shape index (κ3) is 2.21. The normalized spacial score (nSPS) is 44.3. The second kappa shape index (κ2) is 3.47. The number of aliphatic hydroxyl groups is 1. The lowest BCUT2D eigenvalue weighted by Crippen LogP contribution is -2.38. The average molecular weight is 200 g/mol. The van der Waals surface area contributed by atoms with Crippen molar-refractivity contribution in [2.75, 3.05) is 0 Å². The molecule has 2 aliphatic heterocycles. The van der Waals surface area contributed by atoms with Crippen molar-refractivity contribution in [2.45, 2.75) is 62.1 Å². The number of thioether (sulfide) groups is 1. The topological polar surface area (TPSA) is 20.2 Å². The van der Waals surface area contributed by atoms with Gasteiger partial charge in [0.25, 0.3) is 0 Å². The first-order chi connectivity index (χ1) is 6.07. The molecular weight excluding hydrogens is 180 g/mol. The van der Waals surface area contributed by atoms with Gasteiger partial charge in [-0.25, -0.2) is 0 Å². The molecule has 2 rings (SSSR count). The maximum Gasteiger partial charge on any atom is 0.0671 e. The van der Waals surface area contributed by atoms with Crippen LogP contribution >= 0.6 is 11.8 Å². The predicted octanol–water partition coefficient (Wildman–Crippen LogP) is 2.82. The summed E-state index contributed by atoms with van der Waals surface area (Å²) in [6.45, 7) is 4.42. The number of fused-ring (bicyclic) bond motifs is 2. The summed E-state index contributed by atoms with van der Waals surface area (Å²) in [6, 6.07) is 0. The molecule has 0 aliphatic carbocycles. The van der Waals surface area contributed by atoms with Crippen LogP contribution in [0.3, 0.4) is 0 Å². The zero-order valence-electron chi connectivity index (χ0n) is 8.62. The first-order valence-corrected chi connectivity index (χ1v) is 6.39. The van der Waals surface area contributed by atoms with Gasteiger partial charge in [-0.1, -0.05) is 13.8 Å². The van der Waals surface area contributed by atoms with E-state index in [1.165, 1.54) is 12.8 Å². The zero-order chi connectivity index (χ0) is 9.47. The molecule has 13 heavy (non-hydrogen) atoms. The Hall–Kier alpha value is 0.310. The zero-order valence-corrected chi connectivity index (χ0v) is 9.44. The lowest BCUT2D eigenvalue weighted by molar-refractivity contribution is 0.00433. The summed E-state index contributed by atoms with van der Waals surface area (Å²) < 4.78 is 0. The summed E-state index contributed by atoms with van der Waals surface area (Å²) >= 11 is 2.12. The van der Waals surface area contributed by atoms with E-state index in [2.05, 4.69) is 25.6 Å². The molecule has 2 fully saturated rings. The molecule has 0 radical (unpaired) electrons. The highest BCUT2D eigenvalue weighted by molar-refractivity contribution is 8.00. The largest absolute Gasteiger partial charge is 0.390 e. The smallest absolute Gasteiger partial charge is 0.0671 e. The van der Waals surface area contributed by atoms with Gasteiger partial charge in [-0.2, -0.15) is 11.8 Å². The summed E-state index contributed by atoms with van der Waals surface area (Å²) in [4.78, 5) is 0. The molecule has 0 amide bonds. The molecule has 2 heteroatoms. The minimum atomic E-state index is -0.314. The molecular formula is C11H20OS. The fourth-order valence-corrected chi connectivity index (χ4v) is 4.84. The number of rotatable bonds is 2. The van der Waals surface area contributed by atoms with Crippen LogP contribution in [-0.4, -0.2) is 21.2 Å². The minimum absolute atomic E-state index is 0.314. The van der Waals surface area contributed by atoms with Crippen molar-refractivity contribution in [1.29, 1.82) is 0 Å². The van der Waals surface area contributed by atoms with Crippen LogP contribution in [0.4, 0.5) is 0 Å². The molecule has 0 aromatic rings. The van der Waals surface area contributed by atoms with Crippen molar-refractivity contribution in [3.63, 3.8) is 0 Å². The van der Waals surface area contributed by atoms with Crippen molar-refractivity contribution in [2.24, 2.45) is 5.92 Å². The van der Waals surface area contributed by atoms with Crippen LogP contribution < -0.4 is 0 Å². The summed E-state index contributed by atoms with van der Waals surface area (Å²) in [6.07, 6.45) is 5.78. The van der Waals surface area contributed by atoms with E-state index in [0.29, 0.717) is 5.92 Å². The van der Waals surface area contributed by atoms with E-state index < -0.39 is 0 Å². The highest BCUT2D eigenvalue weighted by Crippen LogP contribution is 2.49. The molecule has 2 saturated heterocycles. The number of hydrogen-bond acceptors (Lipinski definition) is 2. The first-order valence-electron chi connectivity index (χ1n) is 5.45. The highest BCUT2D eigenvalue weighted by Gasteiger charge is 2.43. The molecule has 0 spiro atoms. The van der Waals surface area contributed by atoms with Gasteiger partial charge in [-0.3, -0.25) is 0 Å². The van der Waals surface area contributed by atoms with Crippen molar-refractivity contribution < 1.29 is 5.11 Å². The van der Waals surface area contributed by atoms with E-state index in [1.807, 2.05) is 0 Å². The van der Waals surface area contributed by atoms with Gasteiger partial charge in [0.15, 0.2) is 0 Å². The fraction of sp³-hybridized carbons (Fsp3) is 1.00. The fourth-order valence-electron chi connectivity index (χ4n) is 2.94. The van der Waals surface area contributed by atoms with Crippen LogP contribution in [0, 0.1) is 5.92 Å². The highest BCUT2D eigenvalue weighted by atomic mass is 32.2. The summed E-state index contributed by atoms with van der Waals surface area (Å²) in [5, 5.41) is 11.9. The van der Waals surface area contributed by atoms with E-state index >= 15 is 0 Å². The first kappa shape index (κ1) is 9.85. The quantitative estimate of drug-likeness (QED) is 0.739. The molecule has 76 valence electrons. The van der Waals surface area contributed by atoms with Crippen LogP contribution in [0.25, 0.3) is 0 Å². The maximum absolute atomic E-state index is 10.4. The Labute approximate surface area is 85.3 Å². The van der Waals surface area contributed by atoms with Crippen LogP contribution in [0.5, 0.6) is 0 Å². The van der Waals surface area contributed by atoms with Crippen LogP contribution in [0.15, 0.2) is 0 Å². The number of hydrogen-bond donors (Lipinski definition) is 1. The van der Waals surface area contributed by atoms with E-state index in [4.69, 9.17) is 0 Å².